The van der Waals surface area contributed by atoms with Gasteiger partial charge in [0.1, 0.15) is 0 Å². The molecule has 0 aliphatic heterocycles. The predicted molar refractivity (Wildman–Crippen MR) is 235 cm³/mol. The third kappa shape index (κ3) is 17.1. The van der Waals surface area contributed by atoms with E-state index in [0.29, 0.717) is 34.2 Å². The Bertz CT molecular complexity index is 1620. The van der Waals surface area contributed by atoms with Gasteiger partial charge in [-0.05, 0) is 82.7 Å². The van der Waals surface area contributed by atoms with E-state index in [1.807, 2.05) is 12.1 Å². The van der Waals surface area contributed by atoms with E-state index in [4.69, 9.17) is 46.4 Å². The second-order valence-corrected chi connectivity index (χ2v) is 19.0. The second-order valence-electron chi connectivity index (χ2n) is 15.5. The molecule has 0 saturated heterocycles. The number of phenolic OH excluding ortho intramolecular Hbond substituents is 2. The van der Waals surface area contributed by atoms with Crippen LogP contribution in [0.4, 0.5) is 5.69 Å². The summed E-state index contributed by atoms with van der Waals surface area (Å²) in [6, 6.07) is 11.0. The minimum atomic E-state index is -3.45. The van der Waals surface area contributed by atoms with Gasteiger partial charge in [0.05, 0.1) is 31.5 Å². The van der Waals surface area contributed by atoms with Crippen LogP contribution < -0.4 is 4.72 Å². The molecule has 5 nitrogen and oxygen atoms in total. The average molecular weight is 846 g/mol. The number of rotatable bonds is 22. The Labute approximate surface area is 347 Å². The van der Waals surface area contributed by atoms with E-state index in [-0.39, 0.29) is 33.0 Å². The van der Waals surface area contributed by atoms with Crippen molar-refractivity contribution in [2.75, 3.05) is 10.5 Å². The predicted octanol–water partition coefficient (Wildman–Crippen LogP) is 15.6. The van der Waals surface area contributed by atoms with E-state index in [1.165, 1.54) is 105 Å². The van der Waals surface area contributed by atoms with Crippen molar-refractivity contribution in [3.63, 3.8) is 0 Å². The van der Waals surface area contributed by atoms with Crippen molar-refractivity contribution in [1.29, 1.82) is 0 Å². The Balaban J connectivity index is 0.000000377. The first-order valence-corrected chi connectivity index (χ1v) is 23.2. The summed E-state index contributed by atoms with van der Waals surface area (Å²) < 4.78 is 26.8. The summed E-state index contributed by atoms with van der Waals surface area (Å²) in [6.45, 7) is 15.7. The smallest absolute Gasteiger partial charge is 0.232 e. The lowest BCUT2D eigenvalue weighted by Gasteiger charge is -2.23. The van der Waals surface area contributed by atoms with Crippen LogP contribution in [0.3, 0.4) is 0 Å². The Morgan fingerprint density at radius 2 is 0.926 bits per heavy atom. The number of unbranched alkanes of at least 4 members (excludes halogenated alkanes) is 13. The van der Waals surface area contributed by atoms with Gasteiger partial charge in [-0.25, -0.2) is 8.42 Å². The summed E-state index contributed by atoms with van der Waals surface area (Å²) in [4.78, 5) is 0. The zero-order valence-corrected chi connectivity index (χ0v) is 37.5. The zero-order chi connectivity index (χ0) is 40.4. The summed E-state index contributed by atoms with van der Waals surface area (Å²) in [7, 11) is -3.45. The number of aromatic hydroxyl groups is 2. The van der Waals surface area contributed by atoms with Crippen molar-refractivity contribution >= 4 is 62.1 Å². The fraction of sp³-hybridized carbons (Fsp3) is 0.591. The number of hydrogen-bond donors (Lipinski definition) is 3. The molecule has 10 heteroatoms. The fourth-order valence-corrected chi connectivity index (χ4v) is 8.76. The van der Waals surface area contributed by atoms with Gasteiger partial charge in [-0.1, -0.05) is 190 Å². The molecule has 0 amide bonds. The quantitative estimate of drug-likeness (QED) is 0.0694. The Hall–Kier alpha value is -1.83. The number of sulfonamides is 1. The molecular formula is C44H65Cl4NO4S. The molecule has 3 aromatic rings. The van der Waals surface area contributed by atoms with Crippen LogP contribution in [0.5, 0.6) is 11.5 Å². The normalized spacial score (nSPS) is 11.7. The number of phenols is 2. The molecule has 0 aromatic heterocycles. The molecule has 0 unspecified atom stereocenters. The van der Waals surface area contributed by atoms with Gasteiger partial charge in [0, 0.05) is 0 Å². The van der Waals surface area contributed by atoms with E-state index in [9.17, 15) is 18.6 Å². The van der Waals surface area contributed by atoms with E-state index >= 15 is 0 Å². The van der Waals surface area contributed by atoms with Gasteiger partial charge in [0.15, 0.2) is 11.5 Å². The lowest BCUT2D eigenvalue weighted by Crippen LogP contribution is -2.16. The molecule has 0 aliphatic rings. The van der Waals surface area contributed by atoms with Gasteiger partial charge in [0.2, 0.25) is 10.0 Å². The molecular weight excluding hydrogens is 780 g/mol. The number of halogens is 4. The van der Waals surface area contributed by atoms with Gasteiger partial charge < -0.3 is 10.2 Å². The third-order valence-corrected chi connectivity index (χ3v) is 12.3. The summed E-state index contributed by atoms with van der Waals surface area (Å²) in [5.74, 6) is 1.16. The monoisotopic (exact) mass is 843 g/mol. The third-order valence-electron chi connectivity index (χ3n) is 9.77. The molecule has 54 heavy (non-hydrogen) atoms. The van der Waals surface area contributed by atoms with Crippen LogP contribution in [0.2, 0.25) is 20.1 Å². The van der Waals surface area contributed by atoms with Crippen molar-refractivity contribution in [3.8, 4) is 11.5 Å². The molecule has 0 saturated carbocycles. The summed E-state index contributed by atoms with van der Waals surface area (Å²) in [6.07, 6.45) is 18.0. The highest BCUT2D eigenvalue weighted by atomic mass is 35.5. The fourth-order valence-electron chi connectivity index (χ4n) is 6.58. The maximum absolute atomic E-state index is 12.2. The van der Waals surface area contributed by atoms with Gasteiger partial charge >= 0.3 is 0 Å². The lowest BCUT2D eigenvalue weighted by molar-refractivity contribution is 0.475. The Morgan fingerprint density at radius 3 is 1.30 bits per heavy atom. The number of anilines is 1. The van der Waals surface area contributed by atoms with Crippen molar-refractivity contribution in [1.82, 2.24) is 0 Å². The highest BCUT2D eigenvalue weighted by Gasteiger charge is 2.19. The van der Waals surface area contributed by atoms with Crippen molar-refractivity contribution < 1.29 is 18.6 Å². The summed E-state index contributed by atoms with van der Waals surface area (Å²) in [5, 5.41) is 20.0. The van der Waals surface area contributed by atoms with Crippen LogP contribution in [0.1, 0.15) is 184 Å². The number of benzene rings is 3. The van der Waals surface area contributed by atoms with Crippen LogP contribution in [0.15, 0.2) is 36.4 Å². The number of hydrogen-bond acceptors (Lipinski definition) is 4. The molecule has 0 spiro atoms. The van der Waals surface area contributed by atoms with Gasteiger partial charge in [-0.15, -0.1) is 0 Å². The minimum Gasteiger partial charge on any atom is -0.505 e. The van der Waals surface area contributed by atoms with Gasteiger partial charge in [-0.2, -0.15) is 0 Å². The van der Waals surface area contributed by atoms with Crippen LogP contribution in [0.25, 0.3) is 0 Å². The zero-order valence-electron chi connectivity index (χ0n) is 33.6. The molecule has 0 bridgehead atoms. The summed E-state index contributed by atoms with van der Waals surface area (Å²) >= 11 is 23.9. The second kappa shape index (κ2) is 24.7. The highest BCUT2D eigenvalue weighted by Crippen LogP contribution is 2.38. The molecule has 0 aliphatic carbocycles. The van der Waals surface area contributed by atoms with Crippen LogP contribution in [-0.4, -0.2) is 24.4 Å². The van der Waals surface area contributed by atoms with E-state index < -0.39 is 10.0 Å². The van der Waals surface area contributed by atoms with Crippen LogP contribution >= 0.6 is 46.4 Å². The SMILES string of the molecule is CC(C)c1cc(C(C)C)c(Cc2cc(Cl)c(O)c(Cl)c2)c(C(C)C)c1.CCCCCCCCCCCCCCCCS(=O)(=O)Nc1cc(Cl)c(O)c(Cl)c1. The van der Waals surface area contributed by atoms with Crippen LogP contribution in [0, 0.1) is 0 Å². The molecule has 0 radical (unpaired) electrons. The van der Waals surface area contributed by atoms with Crippen molar-refractivity contribution in [2.24, 2.45) is 0 Å². The molecule has 304 valence electrons. The van der Waals surface area contributed by atoms with E-state index in [0.717, 1.165) is 24.8 Å². The van der Waals surface area contributed by atoms with E-state index in [2.05, 4.69) is 65.3 Å². The molecule has 3 aromatic carbocycles. The lowest BCUT2D eigenvalue weighted by atomic mass is 9.82. The first-order valence-electron chi connectivity index (χ1n) is 20.0. The standard InChI is InChI=1S/C22H37Cl2NO3S.C22H28Cl2O/c1-2-3-4-5-6-7-8-9-10-11-12-13-14-15-16-29(27,28)25-19-17-20(23)22(26)21(24)18-19;1-12(2)16-10-17(13(3)4)19(18(11-16)14(5)6)7-15-8-20(23)22(25)21(24)9-15/h17-18,25-26H,2-16H2,1H3;8-14,25H,7H2,1-6H3. The number of nitrogens with one attached hydrogen (secondary N) is 1. The Morgan fingerprint density at radius 1 is 0.556 bits per heavy atom. The molecule has 3 rings (SSSR count). The van der Waals surface area contributed by atoms with E-state index in [1.54, 1.807) is 0 Å². The van der Waals surface area contributed by atoms with Crippen LogP contribution in [-0.2, 0) is 16.4 Å². The maximum Gasteiger partial charge on any atom is 0.232 e. The first-order chi connectivity index (χ1) is 25.5. The van der Waals surface area contributed by atoms with Gasteiger partial charge in [-0.3, -0.25) is 4.72 Å². The maximum atomic E-state index is 12.2. The largest absolute Gasteiger partial charge is 0.505 e. The molecule has 0 fully saturated rings. The molecule has 3 N–H and O–H groups in total. The van der Waals surface area contributed by atoms with Crippen molar-refractivity contribution in [2.45, 2.75) is 163 Å². The first kappa shape index (κ1) is 48.3. The average Bonchev–Trinajstić information content (AvgIpc) is 3.09. The van der Waals surface area contributed by atoms with Crippen molar-refractivity contribution in [3.05, 3.63) is 84.3 Å². The topological polar surface area (TPSA) is 86.6 Å². The Kier molecular flexibility index (Phi) is 22.1. The van der Waals surface area contributed by atoms with Gasteiger partial charge in [0.25, 0.3) is 0 Å². The summed E-state index contributed by atoms with van der Waals surface area (Å²) in [5.41, 5.74) is 6.80. The molecule has 0 heterocycles. The molecule has 0 atom stereocenters. The highest BCUT2D eigenvalue weighted by molar-refractivity contribution is 7.92. The minimum absolute atomic E-state index is 0.0201.